The molecule has 0 aliphatic carbocycles. The summed E-state index contributed by atoms with van der Waals surface area (Å²) >= 11 is 1.62. The largest absolute Gasteiger partial charge is 0.440 e. The molecule has 1 fully saturated rings. The molecule has 1 amide bonds. The Labute approximate surface area is 179 Å². The molecule has 4 rings (SSSR count). The Morgan fingerprint density at radius 2 is 2.20 bits per heavy atom. The minimum absolute atomic E-state index is 0.134. The van der Waals surface area contributed by atoms with Crippen LogP contribution in [0.25, 0.3) is 10.8 Å². The number of carbonyl (C=O) groups excluding carboxylic acids is 1. The fourth-order valence-electron chi connectivity index (χ4n) is 3.93. The Kier molecular flexibility index (Phi) is 6.59. The topological polar surface area (TPSA) is 58.4 Å². The molecule has 0 bridgehead atoms. The molecule has 158 valence electrons. The number of carbonyl (C=O) groups is 1. The second-order valence-electron chi connectivity index (χ2n) is 7.81. The van der Waals surface area contributed by atoms with Crippen LogP contribution >= 0.6 is 11.3 Å². The van der Waals surface area contributed by atoms with E-state index in [9.17, 15) is 9.18 Å². The molecule has 1 N–H and O–H groups in total. The monoisotopic (exact) mass is 427 g/mol. The fraction of sp³-hybridized carbons (Fsp3) is 0.391. The summed E-state index contributed by atoms with van der Waals surface area (Å²) in [7, 11) is 0. The maximum atomic E-state index is 13.7. The molecule has 3 aromatic rings. The molecule has 1 unspecified atom stereocenters. The molecule has 1 atom stereocenters. The predicted molar refractivity (Wildman–Crippen MR) is 117 cm³/mol. The molecule has 0 saturated carbocycles. The summed E-state index contributed by atoms with van der Waals surface area (Å²) in [6.07, 6.45) is 3.42. The van der Waals surface area contributed by atoms with Crippen LogP contribution in [0.5, 0.6) is 0 Å². The second kappa shape index (κ2) is 9.53. The first-order chi connectivity index (χ1) is 14.6. The van der Waals surface area contributed by atoms with Crippen LogP contribution < -0.4 is 5.32 Å². The van der Waals surface area contributed by atoms with E-state index in [-0.39, 0.29) is 11.6 Å². The van der Waals surface area contributed by atoms with Gasteiger partial charge in [0.05, 0.1) is 16.3 Å². The zero-order chi connectivity index (χ0) is 20.9. The number of nitrogens with zero attached hydrogens (tertiary/aromatic N) is 2. The van der Waals surface area contributed by atoms with Crippen molar-refractivity contribution in [3.05, 3.63) is 59.0 Å². The Balaban J connectivity index is 1.28. The standard InChI is InChI=1S/C23H26FN3O2S/c1-16-20(26-23(29-16)21-9-5-13-30-21)15-27-12-4-6-17(14-27)10-11-22(28)25-19-8-3-2-7-18(19)24/h2-3,5,7-9,13,17H,4,6,10-12,14-15H2,1H3,(H,25,28). The minimum Gasteiger partial charge on any atom is -0.440 e. The van der Waals surface area contributed by atoms with E-state index in [4.69, 9.17) is 9.40 Å². The first kappa shape index (κ1) is 20.8. The van der Waals surface area contributed by atoms with Gasteiger partial charge in [0.2, 0.25) is 11.8 Å². The quantitative estimate of drug-likeness (QED) is 0.542. The summed E-state index contributed by atoms with van der Waals surface area (Å²) in [5.41, 5.74) is 1.23. The Bertz CT molecular complexity index is 986. The van der Waals surface area contributed by atoms with E-state index >= 15 is 0 Å². The molecule has 1 aliphatic rings. The predicted octanol–water partition coefficient (Wildman–Crippen LogP) is 5.48. The van der Waals surface area contributed by atoms with E-state index in [0.29, 0.717) is 18.2 Å². The fourth-order valence-corrected chi connectivity index (χ4v) is 4.58. The van der Waals surface area contributed by atoms with E-state index in [0.717, 1.165) is 55.2 Å². The third kappa shape index (κ3) is 5.15. The molecule has 7 heteroatoms. The molecule has 1 aliphatic heterocycles. The highest BCUT2D eigenvalue weighted by molar-refractivity contribution is 7.13. The first-order valence-corrected chi connectivity index (χ1v) is 11.2. The Morgan fingerprint density at radius 3 is 3.00 bits per heavy atom. The van der Waals surface area contributed by atoms with Crippen LogP contribution in [0.2, 0.25) is 0 Å². The van der Waals surface area contributed by atoms with E-state index in [2.05, 4.69) is 10.2 Å². The third-order valence-corrected chi connectivity index (χ3v) is 6.39. The van der Waals surface area contributed by atoms with Gasteiger partial charge in [-0.1, -0.05) is 18.2 Å². The average molecular weight is 428 g/mol. The number of nitrogens with one attached hydrogen (secondary N) is 1. The number of hydrogen-bond acceptors (Lipinski definition) is 5. The summed E-state index contributed by atoms with van der Waals surface area (Å²) in [5.74, 6) is 1.47. The van der Waals surface area contributed by atoms with Crippen LogP contribution in [-0.4, -0.2) is 28.9 Å². The van der Waals surface area contributed by atoms with Gasteiger partial charge in [-0.05, 0) is 62.2 Å². The molecule has 30 heavy (non-hydrogen) atoms. The van der Waals surface area contributed by atoms with Gasteiger partial charge >= 0.3 is 0 Å². The number of benzene rings is 1. The molecule has 0 spiro atoms. The van der Waals surface area contributed by atoms with Gasteiger partial charge in [0.1, 0.15) is 11.6 Å². The average Bonchev–Trinajstić information content (AvgIpc) is 3.39. The van der Waals surface area contributed by atoms with E-state index in [1.54, 1.807) is 29.5 Å². The lowest BCUT2D eigenvalue weighted by Crippen LogP contribution is -2.35. The Morgan fingerprint density at radius 1 is 1.33 bits per heavy atom. The molecule has 5 nitrogen and oxygen atoms in total. The summed E-state index contributed by atoms with van der Waals surface area (Å²) in [4.78, 5) is 20.4. The highest BCUT2D eigenvalue weighted by Crippen LogP contribution is 2.28. The number of anilines is 1. The zero-order valence-electron chi connectivity index (χ0n) is 17.1. The number of hydrogen-bond donors (Lipinski definition) is 1. The lowest BCUT2D eigenvalue weighted by molar-refractivity contribution is -0.116. The minimum atomic E-state index is -0.403. The first-order valence-electron chi connectivity index (χ1n) is 10.4. The number of aryl methyl sites for hydroxylation is 1. The highest BCUT2D eigenvalue weighted by Gasteiger charge is 2.23. The maximum absolute atomic E-state index is 13.7. The van der Waals surface area contributed by atoms with Gasteiger partial charge in [0, 0.05) is 19.5 Å². The van der Waals surface area contributed by atoms with Crippen molar-refractivity contribution < 1.29 is 13.6 Å². The lowest BCUT2D eigenvalue weighted by atomic mass is 9.93. The van der Waals surface area contributed by atoms with Crippen LogP contribution in [0.3, 0.4) is 0 Å². The van der Waals surface area contributed by atoms with Crippen molar-refractivity contribution in [2.45, 2.75) is 39.2 Å². The summed E-state index contributed by atoms with van der Waals surface area (Å²) < 4.78 is 19.6. The SMILES string of the molecule is Cc1oc(-c2cccs2)nc1CN1CCCC(CCC(=O)Nc2ccccc2F)C1. The van der Waals surface area contributed by atoms with Crippen molar-refractivity contribution in [1.82, 2.24) is 9.88 Å². The van der Waals surface area contributed by atoms with E-state index in [1.165, 1.54) is 6.07 Å². The molecular formula is C23H26FN3O2S. The number of piperidine rings is 1. The number of para-hydroxylation sites is 1. The van der Waals surface area contributed by atoms with Crippen LogP contribution in [0.4, 0.5) is 10.1 Å². The van der Waals surface area contributed by atoms with Gasteiger partial charge in [-0.15, -0.1) is 11.3 Å². The van der Waals surface area contributed by atoms with Crippen molar-refractivity contribution in [2.75, 3.05) is 18.4 Å². The van der Waals surface area contributed by atoms with E-state index < -0.39 is 5.82 Å². The number of amides is 1. The maximum Gasteiger partial charge on any atom is 0.236 e. The van der Waals surface area contributed by atoms with Gasteiger partial charge in [0.15, 0.2) is 0 Å². The number of oxazole rings is 1. The van der Waals surface area contributed by atoms with Crippen LogP contribution in [0.15, 0.2) is 46.2 Å². The molecule has 2 aromatic heterocycles. The zero-order valence-corrected chi connectivity index (χ0v) is 17.9. The highest BCUT2D eigenvalue weighted by atomic mass is 32.1. The third-order valence-electron chi connectivity index (χ3n) is 5.53. The van der Waals surface area contributed by atoms with Gasteiger partial charge in [-0.2, -0.15) is 0 Å². The summed E-state index contributed by atoms with van der Waals surface area (Å²) in [6, 6.07) is 10.3. The van der Waals surface area contributed by atoms with Crippen LogP contribution in [0.1, 0.15) is 37.1 Å². The smallest absolute Gasteiger partial charge is 0.236 e. The molecule has 0 radical (unpaired) electrons. The van der Waals surface area contributed by atoms with Crippen LogP contribution in [-0.2, 0) is 11.3 Å². The van der Waals surface area contributed by atoms with Crippen molar-refractivity contribution >= 4 is 22.9 Å². The summed E-state index contributed by atoms with van der Waals surface area (Å²) in [5, 5.41) is 4.70. The van der Waals surface area contributed by atoms with Crippen molar-refractivity contribution in [3.8, 4) is 10.8 Å². The number of rotatable bonds is 7. The second-order valence-corrected chi connectivity index (χ2v) is 8.76. The number of halogens is 1. The van der Waals surface area contributed by atoms with Crippen molar-refractivity contribution in [3.63, 3.8) is 0 Å². The number of aromatic nitrogens is 1. The molecule has 1 saturated heterocycles. The van der Waals surface area contributed by atoms with Crippen LogP contribution in [0, 0.1) is 18.7 Å². The van der Waals surface area contributed by atoms with Gasteiger partial charge < -0.3 is 9.73 Å². The molecule has 1 aromatic carbocycles. The van der Waals surface area contributed by atoms with E-state index in [1.807, 2.05) is 24.4 Å². The van der Waals surface area contributed by atoms with Gasteiger partial charge in [0.25, 0.3) is 0 Å². The molecular weight excluding hydrogens is 401 g/mol. The number of thiophene rings is 1. The number of likely N-dealkylation sites (tertiary alicyclic amines) is 1. The summed E-state index contributed by atoms with van der Waals surface area (Å²) in [6.45, 7) is 4.69. The lowest BCUT2D eigenvalue weighted by Gasteiger charge is -2.32. The normalized spacial score (nSPS) is 17.2. The van der Waals surface area contributed by atoms with Gasteiger partial charge in [-0.3, -0.25) is 9.69 Å². The van der Waals surface area contributed by atoms with Crippen molar-refractivity contribution in [2.24, 2.45) is 5.92 Å². The Hall–Kier alpha value is -2.51. The van der Waals surface area contributed by atoms with Gasteiger partial charge in [-0.25, -0.2) is 9.37 Å². The molecule has 3 heterocycles. The van der Waals surface area contributed by atoms with Crippen molar-refractivity contribution in [1.29, 1.82) is 0 Å².